The Bertz CT molecular complexity index is 775. The maximum absolute atomic E-state index is 12.1. The zero-order chi connectivity index (χ0) is 18.4. The first-order chi connectivity index (χ1) is 11.8. The van der Waals surface area contributed by atoms with E-state index < -0.39 is 0 Å². The Kier molecular flexibility index (Phi) is 6.42. The van der Waals surface area contributed by atoms with Crippen LogP contribution >= 0.6 is 11.6 Å². The highest BCUT2D eigenvalue weighted by molar-refractivity contribution is 6.30. The largest absolute Gasteiger partial charge is 0.376 e. The zero-order valence-corrected chi connectivity index (χ0v) is 15.3. The highest BCUT2D eigenvalue weighted by Gasteiger charge is 2.09. The number of hydrogen-bond donors (Lipinski definition) is 3. The van der Waals surface area contributed by atoms with Crippen molar-refractivity contribution in [3.05, 3.63) is 58.6 Å². The van der Waals surface area contributed by atoms with E-state index in [9.17, 15) is 9.59 Å². The van der Waals surface area contributed by atoms with Crippen molar-refractivity contribution in [1.82, 2.24) is 5.32 Å². The van der Waals surface area contributed by atoms with Crippen molar-refractivity contribution in [2.24, 2.45) is 0 Å². The molecule has 0 aliphatic heterocycles. The summed E-state index contributed by atoms with van der Waals surface area (Å²) in [6.07, 6.45) is 0. The van der Waals surface area contributed by atoms with Crippen molar-refractivity contribution in [2.75, 3.05) is 17.2 Å². The molecule has 5 nitrogen and oxygen atoms in total. The molecule has 25 heavy (non-hydrogen) atoms. The molecule has 132 valence electrons. The van der Waals surface area contributed by atoms with Crippen molar-refractivity contribution >= 4 is 34.8 Å². The van der Waals surface area contributed by atoms with Crippen molar-refractivity contribution in [2.45, 2.75) is 26.8 Å². The number of aryl methyl sites for hydroxylation is 1. The lowest BCUT2D eigenvalue weighted by molar-refractivity contribution is -0.114. The summed E-state index contributed by atoms with van der Waals surface area (Å²) >= 11 is 5.97. The maximum atomic E-state index is 12.1. The van der Waals surface area contributed by atoms with E-state index in [1.807, 2.05) is 26.8 Å². The van der Waals surface area contributed by atoms with Crippen LogP contribution in [0.1, 0.15) is 29.8 Å². The van der Waals surface area contributed by atoms with Gasteiger partial charge in [0.2, 0.25) is 5.91 Å². The molecule has 0 saturated heterocycles. The zero-order valence-electron chi connectivity index (χ0n) is 14.5. The number of carbonyl (C=O) groups is 2. The Morgan fingerprint density at radius 1 is 1.12 bits per heavy atom. The lowest BCUT2D eigenvalue weighted by atomic mass is 10.1. The fourth-order valence-corrected chi connectivity index (χ4v) is 2.42. The maximum Gasteiger partial charge on any atom is 0.251 e. The fraction of sp³-hybridized carbons (Fsp3) is 0.263. The standard InChI is InChI=1S/C19H22ClN3O2/c1-12(2)22-19(25)14-5-4-6-16(9-14)23-18(24)11-21-17-10-15(20)8-7-13(17)3/h4-10,12,21H,11H2,1-3H3,(H,22,25)(H,23,24). The van der Waals surface area contributed by atoms with Crippen LogP contribution in [0.4, 0.5) is 11.4 Å². The average molecular weight is 360 g/mol. The molecular weight excluding hydrogens is 338 g/mol. The van der Waals surface area contributed by atoms with Gasteiger partial charge in [-0.2, -0.15) is 0 Å². The number of halogens is 1. The topological polar surface area (TPSA) is 70.2 Å². The molecule has 0 fully saturated rings. The predicted octanol–water partition coefficient (Wildman–Crippen LogP) is 3.84. The Labute approximate surface area is 152 Å². The lowest BCUT2D eigenvalue weighted by Crippen LogP contribution is -2.30. The van der Waals surface area contributed by atoms with Crippen LogP contribution in [0.2, 0.25) is 5.02 Å². The number of amides is 2. The molecule has 2 rings (SSSR count). The summed E-state index contributed by atoms with van der Waals surface area (Å²) in [4.78, 5) is 24.2. The minimum absolute atomic E-state index is 0.0517. The highest BCUT2D eigenvalue weighted by atomic mass is 35.5. The fourth-order valence-electron chi connectivity index (χ4n) is 2.25. The van der Waals surface area contributed by atoms with Gasteiger partial charge in [0.1, 0.15) is 0 Å². The summed E-state index contributed by atoms with van der Waals surface area (Å²) in [5, 5.41) is 9.27. The molecule has 0 aliphatic carbocycles. The monoisotopic (exact) mass is 359 g/mol. The summed E-state index contributed by atoms with van der Waals surface area (Å²) in [5.41, 5.74) is 2.90. The van der Waals surface area contributed by atoms with Crippen LogP contribution in [0.25, 0.3) is 0 Å². The molecular formula is C19H22ClN3O2. The van der Waals surface area contributed by atoms with Crippen LogP contribution in [0.3, 0.4) is 0 Å². The number of nitrogens with one attached hydrogen (secondary N) is 3. The van der Waals surface area contributed by atoms with Gasteiger partial charge >= 0.3 is 0 Å². The van der Waals surface area contributed by atoms with Gasteiger partial charge in [-0.15, -0.1) is 0 Å². The van der Waals surface area contributed by atoms with E-state index in [0.717, 1.165) is 11.3 Å². The van der Waals surface area contributed by atoms with E-state index in [0.29, 0.717) is 16.3 Å². The molecule has 0 radical (unpaired) electrons. The molecule has 2 aromatic rings. The smallest absolute Gasteiger partial charge is 0.251 e. The van der Waals surface area contributed by atoms with E-state index in [-0.39, 0.29) is 24.4 Å². The normalized spacial score (nSPS) is 10.4. The summed E-state index contributed by atoms with van der Waals surface area (Å²) in [6, 6.07) is 12.4. The van der Waals surface area contributed by atoms with Gasteiger partial charge < -0.3 is 16.0 Å². The van der Waals surface area contributed by atoms with Crippen LogP contribution in [0, 0.1) is 6.92 Å². The Balaban J connectivity index is 1.96. The van der Waals surface area contributed by atoms with E-state index in [1.54, 1.807) is 36.4 Å². The summed E-state index contributed by atoms with van der Waals surface area (Å²) in [5.74, 6) is -0.375. The highest BCUT2D eigenvalue weighted by Crippen LogP contribution is 2.20. The third-order valence-electron chi connectivity index (χ3n) is 3.47. The van der Waals surface area contributed by atoms with Crippen molar-refractivity contribution < 1.29 is 9.59 Å². The molecule has 0 aromatic heterocycles. The quantitative estimate of drug-likeness (QED) is 0.734. The second-order valence-corrected chi connectivity index (χ2v) is 6.51. The van der Waals surface area contributed by atoms with Crippen molar-refractivity contribution in [3.63, 3.8) is 0 Å². The van der Waals surface area contributed by atoms with Crippen LogP contribution in [-0.4, -0.2) is 24.4 Å². The first kappa shape index (κ1) is 18.8. The average Bonchev–Trinajstić information content (AvgIpc) is 2.55. The van der Waals surface area contributed by atoms with Crippen LogP contribution in [-0.2, 0) is 4.79 Å². The van der Waals surface area contributed by atoms with Gasteiger partial charge in [-0.05, 0) is 56.7 Å². The molecule has 0 spiro atoms. The van der Waals surface area contributed by atoms with Gasteiger partial charge in [0, 0.05) is 28.0 Å². The van der Waals surface area contributed by atoms with E-state index in [1.165, 1.54) is 0 Å². The van der Waals surface area contributed by atoms with Gasteiger partial charge in [0.25, 0.3) is 5.91 Å². The molecule has 0 atom stereocenters. The van der Waals surface area contributed by atoms with Gasteiger partial charge in [-0.25, -0.2) is 0 Å². The number of rotatable bonds is 6. The summed E-state index contributed by atoms with van der Waals surface area (Å²) in [6.45, 7) is 5.83. The van der Waals surface area contributed by atoms with E-state index in [4.69, 9.17) is 11.6 Å². The molecule has 0 saturated carbocycles. The Morgan fingerprint density at radius 3 is 2.60 bits per heavy atom. The van der Waals surface area contributed by atoms with Crippen LogP contribution in [0.5, 0.6) is 0 Å². The summed E-state index contributed by atoms with van der Waals surface area (Å²) < 4.78 is 0. The SMILES string of the molecule is Cc1ccc(Cl)cc1NCC(=O)Nc1cccc(C(=O)NC(C)C)c1. The minimum Gasteiger partial charge on any atom is -0.376 e. The van der Waals surface area contributed by atoms with Gasteiger partial charge in [0.05, 0.1) is 6.54 Å². The van der Waals surface area contributed by atoms with Crippen LogP contribution < -0.4 is 16.0 Å². The molecule has 6 heteroatoms. The summed E-state index contributed by atoms with van der Waals surface area (Å²) in [7, 11) is 0. The van der Waals surface area contributed by atoms with Crippen LogP contribution in [0.15, 0.2) is 42.5 Å². The van der Waals surface area contributed by atoms with Crippen molar-refractivity contribution in [1.29, 1.82) is 0 Å². The van der Waals surface area contributed by atoms with Gasteiger partial charge in [0.15, 0.2) is 0 Å². The lowest BCUT2D eigenvalue weighted by Gasteiger charge is -2.12. The Hall–Kier alpha value is -2.53. The molecule has 2 aromatic carbocycles. The molecule has 0 unspecified atom stereocenters. The number of hydrogen-bond acceptors (Lipinski definition) is 3. The number of anilines is 2. The second kappa shape index (κ2) is 8.53. The first-order valence-electron chi connectivity index (χ1n) is 8.06. The van der Waals surface area contributed by atoms with Crippen molar-refractivity contribution in [3.8, 4) is 0 Å². The van der Waals surface area contributed by atoms with Gasteiger partial charge in [-0.3, -0.25) is 9.59 Å². The van der Waals surface area contributed by atoms with E-state index >= 15 is 0 Å². The van der Waals surface area contributed by atoms with E-state index in [2.05, 4.69) is 16.0 Å². The second-order valence-electron chi connectivity index (χ2n) is 6.07. The first-order valence-corrected chi connectivity index (χ1v) is 8.44. The molecule has 2 amide bonds. The number of benzene rings is 2. The minimum atomic E-state index is -0.208. The third kappa shape index (κ3) is 5.80. The molecule has 0 bridgehead atoms. The van der Waals surface area contributed by atoms with Gasteiger partial charge in [-0.1, -0.05) is 23.7 Å². The molecule has 0 aliphatic rings. The Morgan fingerprint density at radius 2 is 1.88 bits per heavy atom. The third-order valence-corrected chi connectivity index (χ3v) is 3.70. The predicted molar refractivity (Wildman–Crippen MR) is 102 cm³/mol. The molecule has 3 N–H and O–H groups in total. The number of carbonyl (C=O) groups excluding carboxylic acids is 2. The molecule has 0 heterocycles.